The highest BCUT2D eigenvalue weighted by Gasteiger charge is 2.43. The van der Waals surface area contributed by atoms with E-state index in [4.69, 9.17) is 4.74 Å². The average Bonchev–Trinajstić information content (AvgIpc) is 2.85. The van der Waals surface area contributed by atoms with Crippen LogP contribution in [0, 0.1) is 0 Å². The molecule has 1 aromatic heterocycles. The van der Waals surface area contributed by atoms with Crippen molar-refractivity contribution in [3.05, 3.63) is 90.3 Å². The lowest BCUT2D eigenvalue weighted by atomic mass is 9.89. The molecule has 3 aromatic rings. The molecule has 5 nitrogen and oxygen atoms in total. The highest BCUT2D eigenvalue weighted by Crippen LogP contribution is 2.31. The summed E-state index contributed by atoms with van der Waals surface area (Å²) in [6.45, 7) is 6.09. The van der Waals surface area contributed by atoms with Gasteiger partial charge in [-0.2, -0.15) is 0 Å². The van der Waals surface area contributed by atoms with Crippen molar-refractivity contribution in [2.45, 2.75) is 19.0 Å². The zero-order chi connectivity index (χ0) is 21.7. The maximum absolute atomic E-state index is 12.8. The van der Waals surface area contributed by atoms with Crippen molar-refractivity contribution in [1.29, 1.82) is 0 Å². The van der Waals surface area contributed by atoms with Gasteiger partial charge in [0.25, 0.3) is 0 Å². The molecule has 1 saturated heterocycles. The summed E-state index contributed by atoms with van der Waals surface area (Å²) in [7, 11) is 1.46. The van der Waals surface area contributed by atoms with Gasteiger partial charge in [-0.1, -0.05) is 60.7 Å². The third kappa shape index (κ3) is 4.53. The third-order valence-electron chi connectivity index (χ3n) is 6.23. The van der Waals surface area contributed by atoms with Crippen molar-refractivity contribution in [2.75, 3.05) is 33.3 Å². The second-order valence-corrected chi connectivity index (χ2v) is 8.09. The Hall–Kier alpha value is -3.02. The number of hydrogen-bond donors (Lipinski definition) is 0. The van der Waals surface area contributed by atoms with Gasteiger partial charge in [-0.3, -0.25) is 14.8 Å². The monoisotopic (exact) mass is 415 g/mol. The number of ether oxygens (including phenoxy) is 1. The van der Waals surface area contributed by atoms with Crippen molar-refractivity contribution in [3.63, 3.8) is 0 Å². The van der Waals surface area contributed by atoms with Gasteiger partial charge >= 0.3 is 5.97 Å². The van der Waals surface area contributed by atoms with E-state index in [1.807, 2.05) is 49.5 Å². The fourth-order valence-electron chi connectivity index (χ4n) is 4.35. The summed E-state index contributed by atoms with van der Waals surface area (Å²) in [5.41, 5.74) is 3.63. The molecule has 160 valence electrons. The minimum atomic E-state index is -0.784. The molecule has 1 fully saturated rings. The van der Waals surface area contributed by atoms with E-state index in [1.54, 1.807) is 0 Å². The van der Waals surface area contributed by atoms with Crippen molar-refractivity contribution in [2.24, 2.45) is 0 Å². The van der Waals surface area contributed by atoms with E-state index >= 15 is 0 Å². The number of esters is 1. The first-order valence-electron chi connectivity index (χ1n) is 10.7. The van der Waals surface area contributed by atoms with E-state index < -0.39 is 5.54 Å². The van der Waals surface area contributed by atoms with Gasteiger partial charge in [-0.25, -0.2) is 4.79 Å². The molecule has 1 aliphatic heterocycles. The SMILES string of the molecule is COC(=O)C(C)(c1ccccc1)N1CCN(Cc2cc(-c3ccccc3)ccn2)CC1. The van der Waals surface area contributed by atoms with Gasteiger partial charge in [-0.15, -0.1) is 0 Å². The Morgan fingerprint density at radius 1 is 0.935 bits per heavy atom. The average molecular weight is 416 g/mol. The van der Waals surface area contributed by atoms with E-state index in [0.29, 0.717) is 0 Å². The summed E-state index contributed by atoms with van der Waals surface area (Å²) < 4.78 is 5.20. The van der Waals surface area contributed by atoms with Gasteiger partial charge in [0.1, 0.15) is 5.54 Å². The fraction of sp³-hybridized carbons (Fsp3) is 0.308. The van der Waals surface area contributed by atoms with Crippen LogP contribution in [0.3, 0.4) is 0 Å². The lowest BCUT2D eigenvalue weighted by molar-refractivity contribution is -0.156. The fourth-order valence-corrected chi connectivity index (χ4v) is 4.35. The molecule has 0 saturated carbocycles. The minimum Gasteiger partial charge on any atom is -0.467 e. The molecule has 1 atom stereocenters. The standard InChI is InChI=1S/C26H29N3O2/c1-26(25(30)31-2,23-11-7-4-8-12-23)29-17-15-28(16-18-29)20-24-19-22(13-14-27-24)21-9-5-3-6-10-21/h3-14,19H,15-18,20H2,1-2H3. The number of carbonyl (C=O) groups is 1. The smallest absolute Gasteiger partial charge is 0.330 e. The molecule has 0 radical (unpaired) electrons. The highest BCUT2D eigenvalue weighted by molar-refractivity contribution is 5.82. The Bertz CT molecular complexity index is 1000. The van der Waals surface area contributed by atoms with Crippen LogP contribution in [0.2, 0.25) is 0 Å². The van der Waals surface area contributed by atoms with E-state index in [2.05, 4.69) is 51.2 Å². The maximum Gasteiger partial charge on any atom is 0.330 e. The van der Waals surface area contributed by atoms with Crippen LogP contribution >= 0.6 is 0 Å². The molecule has 1 unspecified atom stereocenters. The number of rotatable bonds is 6. The zero-order valence-electron chi connectivity index (χ0n) is 18.2. The number of methoxy groups -OCH3 is 1. The van der Waals surface area contributed by atoms with Gasteiger partial charge in [0, 0.05) is 38.9 Å². The summed E-state index contributed by atoms with van der Waals surface area (Å²) in [4.78, 5) is 22.0. The van der Waals surface area contributed by atoms with Crippen LogP contribution in [0.4, 0.5) is 0 Å². The lowest BCUT2D eigenvalue weighted by Crippen LogP contribution is -2.57. The largest absolute Gasteiger partial charge is 0.467 e. The van der Waals surface area contributed by atoms with Crippen molar-refractivity contribution in [1.82, 2.24) is 14.8 Å². The van der Waals surface area contributed by atoms with Gasteiger partial charge < -0.3 is 4.74 Å². The minimum absolute atomic E-state index is 0.218. The molecule has 0 N–H and O–H groups in total. The lowest BCUT2D eigenvalue weighted by Gasteiger charge is -2.44. The first-order valence-corrected chi connectivity index (χ1v) is 10.7. The second kappa shape index (κ2) is 9.41. The summed E-state index contributed by atoms with van der Waals surface area (Å²) in [6.07, 6.45) is 1.89. The van der Waals surface area contributed by atoms with Gasteiger partial charge in [0.2, 0.25) is 0 Å². The molecular weight excluding hydrogens is 386 g/mol. The normalized spacial score (nSPS) is 17.1. The van der Waals surface area contributed by atoms with Crippen LogP contribution in [0.1, 0.15) is 18.2 Å². The Kier molecular flexibility index (Phi) is 6.44. The van der Waals surface area contributed by atoms with Gasteiger partial charge in [0.05, 0.1) is 12.8 Å². The molecule has 4 rings (SSSR count). The molecule has 0 bridgehead atoms. The number of benzene rings is 2. The first kappa shape index (κ1) is 21.2. The number of hydrogen-bond acceptors (Lipinski definition) is 5. The number of aromatic nitrogens is 1. The zero-order valence-corrected chi connectivity index (χ0v) is 18.2. The Balaban J connectivity index is 1.44. The van der Waals surface area contributed by atoms with Gasteiger partial charge in [0.15, 0.2) is 0 Å². The summed E-state index contributed by atoms with van der Waals surface area (Å²) >= 11 is 0. The number of piperazine rings is 1. The molecule has 1 aliphatic rings. The number of pyridine rings is 1. The van der Waals surface area contributed by atoms with Crippen molar-refractivity contribution >= 4 is 5.97 Å². The topological polar surface area (TPSA) is 45.7 Å². The van der Waals surface area contributed by atoms with E-state index in [1.165, 1.54) is 18.2 Å². The van der Waals surface area contributed by atoms with Crippen LogP contribution in [-0.4, -0.2) is 54.0 Å². The van der Waals surface area contributed by atoms with Crippen LogP contribution in [0.5, 0.6) is 0 Å². The van der Waals surface area contributed by atoms with E-state index in [-0.39, 0.29) is 5.97 Å². The second-order valence-electron chi connectivity index (χ2n) is 8.09. The van der Waals surface area contributed by atoms with Crippen LogP contribution < -0.4 is 0 Å². The van der Waals surface area contributed by atoms with E-state index in [0.717, 1.165) is 44.0 Å². The first-order chi connectivity index (χ1) is 15.1. The quantitative estimate of drug-likeness (QED) is 0.571. The molecule has 31 heavy (non-hydrogen) atoms. The molecule has 0 spiro atoms. The molecular formula is C26H29N3O2. The molecule has 0 aliphatic carbocycles. The van der Waals surface area contributed by atoms with E-state index in [9.17, 15) is 4.79 Å². The summed E-state index contributed by atoms with van der Waals surface area (Å²) in [6, 6.07) is 24.5. The van der Waals surface area contributed by atoms with Gasteiger partial charge in [-0.05, 0) is 35.7 Å². The molecule has 2 heterocycles. The summed E-state index contributed by atoms with van der Waals surface area (Å²) in [5, 5.41) is 0. The molecule has 2 aromatic carbocycles. The van der Waals surface area contributed by atoms with Crippen LogP contribution in [0.15, 0.2) is 79.0 Å². The third-order valence-corrected chi connectivity index (χ3v) is 6.23. The number of carbonyl (C=O) groups excluding carboxylic acids is 1. The highest BCUT2D eigenvalue weighted by atomic mass is 16.5. The van der Waals surface area contributed by atoms with Crippen LogP contribution in [-0.2, 0) is 21.6 Å². The van der Waals surface area contributed by atoms with Crippen LogP contribution in [0.25, 0.3) is 11.1 Å². The Labute approximate surface area is 184 Å². The number of nitrogens with zero attached hydrogens (tertiary/aromatic N) is 3. The Morgan fingerprint density at radius 2 is 1.58 bits per heavy atom. The molecule has 0 amide bonds. The summed E-state index contributed by atoms with van der Waals surface area (Å²) in [5.74, 6) is -0.218. The Morgan fingerprint density at radius 3 is 2.23 bits per heavy atom. The maximum atomic E-state index is 12.8. The predicted molar refractivity (Wildman–Crippen MR) is 122 cm³/mol. The van der Waals surface area contributed by atoms with Crippen molar-refractivity contribution < 1.29 is 9.53 Å². The predicted octanol–water partition coefficient (Wildman–Crippen LogP) is 3.95. The molecule has 5 heteroatoms. The van der Waals surface area contributed by atoms with Crippen molar-refractivity contribution in [3.8, 4) is 11.1 Å².